The van der Waals surface area contributed by atoms with Crippen LogP contribution in [0.3, 0.4) is 0 Å². The quantitative estimate of drug-likeness (QED) is 0.530. The molecule has 0 aromatic heterocycles. The topological polar surface area (TPSA) is 3.24 Å². The SMILES string of the molecule is CC1CCC2C3CCN(C3)CC12. The Labute approximate surface area is 75.1 Å². The average molecular weight is 165 g/mol. The van der Waals surface area contributed by atoms with Crippen LogP contribution in [0, 0.1) is 23.7 Å². The van der Waals surface area contributed by atoms with Gasteiger partial charge < -0.3 is 4.90 Å². The van der Waals surface area contributed by atoms with Crippen LogP contribution < -0.4 is 0 Å². The molecule has 1 aliphatic carbocycles. The highest BCUT2D eigenvalue weighted by molar-refractivity contribution is 4.96. The van der Waals surface area contributed by atoms with Crippen LogP contribution in [0.25, 0.3) is 0 Å². The van der Waals surface area contributed by atoms with Gasteiger partial charge in [0.2, 0.25) is 0 Å². The van der Waals surface area contributed by atoms with E-state index in [1.165, 1.54) is 32.5 Å². The van der Waals surface area contributed by atoms with Crippen molar-refractivity contribution in [2.75, 3.05) is 19.6 Å². The van der Waals surface area contributed by atoms with Gasteiger partial charge in [-0.1, -0.05) is 13.3 Å². The van der Waals surface area contributed by atoms with Gasteiger partial charge in [0.05, 0.1) is 0 Å². The maximum atomic E-state index is 2.70. The van der Waals surface area contributed by atoms with Gasteiger partial charge in [-0.2, -0.15) is 0 Å². The molecular weight excluding hydrogens is 146 g/mol. The Morgan fingerprint density at radius 3 is 2.83 bits per heavy atom. The molecule has 2 aliphatic heterocycles. The van der Waals surface area contributed by atoms with Crippen molar-refractivity contribution in [2.24, 2.45) is 23.7 Å². The predicted molar refractivity (Wildman–Crippen MR) is 49.9 cm³/mol. The van der Waals surface area contributed by atoms with E-state index in [9.17, 15) is 0 Å². The summed E-state index contributed by atoms with van der Waals surface area (Å²) in [6, 6.07) is 0. The van der Waals surface area contributed by atoms with Crippen molar-refractivity contribution < 1.29 is 0 Å². The van der Waals surface area contributed by atoms with E-state index < -0.39 is 0 Å². The van der Waals surface area contributed by atoms with Gasteiger partial charge in [-0.15, -0.1) is 0 Å². The highest BCUT2D eigenvalue weighted by Gasteiger charge is 2.45. The number of hydrogen-bond acceptors (Lipinski definition) is 1. The first-order chi connectivity index (χ1) is 5.84. The van der Waals surface area contributed by atoms with Gasteiger partial charge in [-0.25, -0.2) is 0 Å². The zero-order valence-electron chi connectivity index (χ0n) is 8.00. The molecule has 3 fully saturated rings. The second-order valence-electron chi connectivity index (χ2n) is 5.19. The van der Waals surface area contributed by atoms with Crippen molar-refractivity contribution in [3.63, 3.8) is 0 Å². The molecule has 0 amide bonds. The molecule has 1 nitrogen and oxygen atoms in total. The van der Waals surface area contributed by atoms with Crippen molar-refractivity contribution >= 4 is 0 Å². The molecular formula is C11H19N. The summed E-state index contributed by atoms with van der Waals surface area (Å²) >= 11 is 0. The Morgan fingerprint density at radius 2 is 1.92 bits per heavy atom. The Hall–Kier alpha value is -0.0400. The fourth-order valence-electron chi connectivity index (χ4n) is 3.88. The molecule has 0 spiro atoms. The fourth-order valence-corrected chi connectivity index (χ4v) is 3.88. The summed E-state index contributed by atoms with van der Waals surface area (Å²) in [5.74, 6) is 4.32. The third-order valence-electron chi connectivity index (χ3n) is 4.62. The molecule has 68 valence electrons. The first-order valence-electron chi connectivity index (χ1n) is 5.57. The van der Waals surface area contributed by atoms with Crippen molar-refractivity contribution in [3.05, 3.63) is 0 Å². The van der Waals surface area contributed by atoms with Crippen LogP contribution in [-0.2, 0) is 0 Å². The van der Waals surface area contributed by atoms with E-state index in [-0.39, 0.29) is 0 Å². The second kappa shape index (κ2) is 2.47. The van der Waals surface area contributed by atoms with Crippen molar-refractivity contribution in [1.82, 2.24) is 4.90 Å². The third kappa shape index (κ3) is 0.891. The molecule has 2 bridgehead atoms. The Kier molecular flexibility index (Phi) is 1.52. The van der Waals surface area contributed by atoms with Crippen LogP contribution in [0.5, 0.6) is 0 Å². The molecule has 0 aromatic carbocycles. The lowest BCUT2D eigenvalue weighted by atomic mass is 9.79. The minimum absolute atomic E-state index is 1.03. The van der Waals surface area contributed by atoms with E-state index in [2.05, 4.69) is 11.8 Å². The number of nitrogens with zero attached hydrogens (tertiary/aromatic N) is 1. The number of hydrogen-bond donors (Lipinski definition) is 0. The molecule has 5 unspecified atom stereocenters. The van der Waals surface area contributed by atoms with Crippen LogP contribution >= 0.6 is 0 Å². The Balaban J connectivity index is 1.85. The highest BCUT2D eigenvalue weighted by Crippen LogP contribution is 2.47. The van der Waals surface area contributed by atoms with Gasteiger partial charge in [-0.05, 0) is 43.1 Å². The normalized spacial score (nSPS) is 57.2. The summed E-state index contributed by atoms with van der Waals surface area (Å²) in [4.78, 5) is 2.70. The first kappa shape index (κ1) is 7.37. The summed E-state index contributed by atoms with van der Waals surface area (Å²) in [5.41, 5.74) is 0. The number of rotatable bonds is 0. The van der Waals surface area contributed by atoms with Gasteiger partial charge in [0.1, 0.15) is 0 Å². The molecule has 3 aliphatic rings. The molecule has 1 saturated carbocycles. The number of fused-ring (bicyclic) bond motifs is 4. The van der Waals surface area contributed by atoms with Crippen molar-refractivity contribution in [1.29, 1.82) is 0 Å². The van der Waals surface area contributed by atoms with Gasteiger partial charge in [0.25, 0.3) is 0 Å². The summed E-state index contributed by atoms with van der Waals surface area (Å²) < 4.78 is 0. The number of piperidine rings is 1. The van der Waals surface area contributed by atoms with E-state index >= 15 is 0 Å². The van der Waals surface area contributed by atoms with E-state index in [0.717, 1.165) is 23.7 Å². The molecule has 0 aromatic rings. The molecule has 0 N–H and O–H groups in total. The van der Waals surface area contributed by atoms with Crippen molar-refractivity contribution in [3.8, 4) is 0 Å². The lowest BCUT2D eigenvalue weighted by Crippen LogP contribution is -2.38. The van der Waals surface area contributed by atoms with Gasteiger partial charge >= 0.3 is 0 Å². The molecule has 1 heteroatoms. The monoisotopic (exact) mass is 165 g/mol. The lowest BCUT2D eigenvalue weighted by molar-refractivity contribution is 0.129. The fraction of sp³-hybridized carbons (Fsp3) is 1.00. The molecule has 5 atom stereocenters. The lowest BCUT2D eigenvalue weighted by Gasteiger charge is -2.35. The largest absolute Gasteiger partial charge is 0.303 e. The molecule has 2 saturated heterocycles. The van der Waals surface area contributed by atoms with E-state index in [4.69, 9.17) is 0 Å². The zero-order chi connectivity index (χ0) is 8.13. The van der Waals surface area contributed by atoms with Crippen LogP contribution in [0.15, 0.2) is 0 Å². The van der Waals surface area contributed by atoms with Gasteiger partial charge in [-0.3, -0.25) is 0 Å². The van der Waals surface area contributed by atoms with E-state index in [1.54, 1.807) is 6.42 Å². The maximum absolute atomic E-state index is 2.70. The molecule has 3 rings (SSSR count). The summed E-state index contributed by atoms with van der Waals surface area (Å²) in [5, 5.41) is 0. The molecule has 0 radical (unpaired) electrons. The smallest absolute Gasteiger partial charge is 0.00151 e. The van der Waals surface area contributed by atoms with E-state index in [0.29, 0.717) is 0 Å². The van der Waals surface area contributed by atoms with Gasteiger partial charge in [0, 0.05) is 13.1 Å². The Bertz CT molecular complexity index is 189. The van der Waals surface area contributed by atoms with Crippen LogP contribution in [0.1, 0.15) is 26.2 Å². The second-order valence-corrected chi connectivity index (χ2v) is 5.19. The van der Waals surface area contributed by atoms with E-state index in [1.807, 2.05) is 0 Å². The predicted octanol–water partition coefficient (Wildman–Crippen LogP) is 1.98. The molecule has 12 heavy (non-hydrogen) atoms. The summed E-state index contributed by atoms with van der Waals surface area (Å²) in [6.45, 7) is 6.75. The van der Waals surface area contributed by atoms with Crippen LogP contribution in [-0.4, -0.2) is 24.5 Å². The molecule has 2 heterocycles. The minimum Gasteiger partial charge on any atom is -0.303 e. The standard InChI is InChI=1S/C11H19N/c1-8-2-3-10-9-4-5-12(6-9)7-11(8)10/h8-11H,2-7H2,1H3. The third-order valence-corrected chi connectivity index (χ3v) is 4.62. The average Bonchev–Trinajstić information content (AvgIpc) is 2.61. The first-order valence-corrected chi connectivity index (χ1v) is 5.57. The minimum atomic E-state index is 1.03. The van der Waals surface area contributed by atoms with Crippen LogP contribution in [0.2, 0.25) is 0 Å². The Morgan fingerprint density at radius 1 is 1.00 bits per heavy atom. The van der Waals surface area contributed by atoms with Crippen LogP contribution in [0.4, 0.5) is 0 Å². The maximum Gasteiger partial charge on any atom is 0.00151 e. The van der Waals surface area contributed by atoms with Gasteiger partial charge in [0.15, 0.2) is 0 Å². The summed E-state index contributed by atoms with van der Waals surface area (Å²) in [6.07, 6.45) is 4.57. The highest BCUT2D eigenvalue weighted by atomic mass is 15.2. The van der Waals surface area contributed by atoms with Crippen molar-refractivity contribution in [2.45, 2.75) is 26.2 Å². The zero-order valence-corrected chi connectivity index (χ0v) is 8.00. The summed E-state index contributed by atoms with van der Waals surface area (Å²) in [7, 11) is 0.